The first-order chi connectivity index (χ1) is 12.0. The summed E-state index contributed by atoms with van der Waals surface area (Å²) in [4.78, 5) is 25.7. The third-order valence-electron chi connectivity index (χ3n) is 4.19. The Hall–Kier alpha value is -2.26. The van der Waals surface area contributed by atoms with Gasteiger partial charge in [0.2, 0.25) is 0 Å². The first kappa shape index (κ1) is 17.6. The Morgan fingerprint density at radius 2 is 2.00 bits per heavy atom. The van der Waals surface area contributed by atoms with Crippen molar-refractivity contribution in [1.29, 1.82) is 0 Å². The average Bonchev–Trinajstić information content (AvgIpc) is 2.93. The smallest absolute Gasteiger partial charge is 0.330 e. The van der Waals surface area contributed by atoms with Crippen molar-refractivity contribution in [2.45, 2.75) is 38.1 Å². The number of aromatic amines is 1. The summed E-state index contributed by atoms with van der Waals surface area (Å²) in [5.41, 5.74) is 0.0286. The van der Waals surface area contributed by atoms with Gasteiger partial charge in [-0.2, -0.15) is 0 Å². The summed E-state index contributed by atoms with van der Waals surface area (Å²) < 4.78 is 12.4. The lowest BCUT2D eigenvalue weighted by atomic mass is 10.1. The van der Waals surface area contributed by atoms with Gasteiger partial charge in [0, 0.05) is 11.8 Å². The number of aliphatic hydroxyl groups excluding tert-OH is 2. The maximum absolute atomic E-state index is 12.0. The molecule has 25 heavy (non-hydrogen) atoms. The number of hydrogen-bond acceptors (Lipinski definition) is 6. The molecule has 8 heteroatoms. The molecule has 0 amide bonds. The van der Waals surface area contributed by atoms with E-state index in [1.54, 1.807) is 6.92 Å². The predicted octanol–water partition coefficient (Wildman–Crippen LogP) is -0.319. The van der Waals surface area contributed by atoms with Crippen LogP contribution in [0.2, 0.25) is 0 Å². The van der Waals surface area contributed by atoms with E-state index in [0.29, 0.717) is 5.56 Å². The number of hydrogen-bond donors (Lipinski definition) is 3. The molecule has 1 aromatic heterocycles. The second-order valence-corrected chi connectivity index (χ2v) is 5.98. The van der Waals surface area contributed by atoms with Crippen LogP contribution in [0, 0.1) is 6.92 Å². The molecule has 3 rings (SSSR count). The van der Waals surface area contributed by atoms with Gasteiger partial charge in [-0.05, 0) is 12.5 Å². The molecule has 4 atom stereocenters. The highest BCUT2D eigenvalue weighted by Crippen LogP contribution is 2.30. The van der Waals surface area contributed by atoms with Crippen molar-refractivity contribution in [2.24, 2.45) is 0 Å². The number of aliphatic hydroxyl groups is 2. The van der Waals surface area contributed by atoms with E-state index >= 15 is 0 Å². The van der Waals surface area contributed by atoms with E-state index in [1.165, 1.54) is 6.20 Å². The van der Waals surface area contributed by atoms with Gasteiger partial charge < -0.3 is 19.7 Å². The topological polar surface area (TPSA) is 114 Å². The predicted molar refractivity (Wildman–Crippen MR) is 88.1 cm³/mol. The highest BCUT2D eigenvalue weighted by Gasteiger charge is 2.45. The highest BCUT2D eigenvalue weighted by molar-refractivity contribution is 5.13. The molecule has 0 radical (unpaired) electrons. The summed E-state index contributed by atoms with van der Waals surface area (Å²) in [5.74, 6) is 0. The average molecular weight is 348 g/mol. The van der Waals surface area contributed by atoms with Crippen molar-refractivity contribution in [1.82, 2.24) is 9.55 Å². The fourth-order valence-corrected chi connectivity index (χ4v) is 2.84. The quantitative estimate of drug-likeness (QED) is 0.682. The van der Waals surface area contributed by atoms with Crippen LogP contribution >= 0.6 is 0 Å². The molecule has 134 valence electrons. The number of nitrogens with one attached hydrogen (secondary N) is 1. The minimum atomic E-state index is -1.18. The number of nitrogens with zero attached hydrogens (tertiary/aromatic N) is 1. The summed E-state index contributed by atoms with van der Waals surface area (Å²) >= 11 is 0. The van der Waals surface area contributed by atoms with Crippen LogP contribution in [0.5, 0.6) is 0 Å². The van der Waals surface area contributed by atoms with Gasteiger partial charge in [0.25, 0.3) is 5.56 Å². The van der Waals surface area contributed by atoms with Crippen molar-refractivity contribution < 1.29 is 19.7 Å². The maximum Gasteiger partial charge on any atom is 0.330 e. The van der Waals surface area contributed by atoms with E-state index in [9.17, 15) is 19.8 Å². The molecular formula is C17H20N2O6. The zero-order valence-electron chi connectivity index (χ0n) is 13.7. The largest absolute Gasteiger partial charge is 0.394 e. The second kappa shape index (κ2) is 7.32. The number of aryl methyl sites for hydroxylation is 1. The first-order valence-electron chi connectivity index (χ1n) is 7.93. The second-order valence-electron chi connectivity index (χ2n) is 5.98. The van der Waals surface area contributed by atoms with Gasteiger partial charge in [-0.1, -0.05) is 30.3 Å². The van der Waals surface area contributed by atoms with Gasteiger partial charge in [0.05, 0.1) is 13.2 Å². The van der Waals surface area contributed by atoms with Gasteiger partial charge >= 0.3 is 5.69 Å². The molecule has 0 saturated carbocycles. The fourth-order valence-electron chi connectivity index (χ4n) is 2.84. The van der Waals surface area contributed by atoms with E-state index in [0.717, 1.165) is 10.1 Å². The highest BCUT2D eigenvalue weighted by atomic mass is 16.6. The zero-order valence-corrected chi connectivity index (χ0v) is 13.7. The molecule has 3 N–H and O–H groups in total. The molecule has 1 fully saturated rings. The Bertz CT molecular complexity index is 831. The van der Waals surface area contributed by atoms with Gasteiger partial charge in [-0.15, -0.1) is 0 Å². The number of rotatable bonds is 5. The van der Waals surface area contributed by atoms with Crippen LogP contribution in [-0.4, -0.2) is 44.7 Å². The molecule has 1 saturated heterocycles. The number of aromatic nitrogens is 2. The molecule has 1 aliphatic rings. The van der Waals surface area contributed by atoms with Crippen LogP contribution in [-0.2, 0) is 16.1 Å². The van der Waals surface area contributed by atoms with Crippen molar-refractivity contribution in [3.05, 3.63) is 68.5 Å². The van der Waals surface area contributed by atoms with Gasteiger partial charge in [-0.3, -0.25) is 14.3 Å². The number of benzene rings is 1. The Labute approximate surface area is 143 Å². The van der Waals surface area contributed by atoms with Crippen LogP contribution in [0.15, 0.2) is 46.1 Å². The Morgan fingerprint density at radius 3 is 2.68 bits per heavy atom. The lowest BCUT2D eigenvalue weighted by molar-refractivity contribution is -0.0661. The van der Waals surface area contributed by atoms with E-state index < -0.39 is 35.8 Å². The molecule has 2 aromatic rings. The third-order valence-corrected chi connectivity index (χ3v) is 4.19. The van der Waals surface area contributed by atoms with Crippen LogP contribution in [0.1, 0.15) is 17.4 Å². The van der Waals surface area contributed by atoms with E-state index in [-0.39, 0.29) is 13.2 Å². The van der Waals surface area contributed by atoms with Crippen molar-refractivity contribution in [3.8, 4) is 0 Å². The Morgan fingerprint density at radius 1 is 1.28 bits per heavy atom. The lowest BCUT2D eigenvalue weighted by Gasteiger charge is -2.20. The van der Waals surface area contributed by atoms with Gasteiger partial charge in [-0.25, -0.2) is 4.79 Å². The number of ether oxygens (including phenoxy) is 2. The fraction of sp³-hybridized carbons (Fsp3) is 0.412. The Balaban J connectivity index is 1.81. The van der Waals surface area contributed by atoms with E-state index in [4.69, 9.17) is 9.47 Å². The molecule has 1 aliphatic heterocycles. The molecule has 0 aliphatic carbocycles. The minimum Gasteiger partial charge on any atom is -0.394 e. The standard InChI is InChI=1S/C17H20N2O6/c1-10-7-19(17(23)18-15(10)22)16-13(21)14(12(8-20)25-16)24-9-11-5-3-2-4-6-11/h2-7,12-14,16,20-21H,8-9H2,1H3,(H,18,22,23)/t12-,13-,14-,16-/m0/s1. The maximum atomic E-state index is 12.0. The summed E-state index contributed by atoms with van der Waals surface area (Å²) in [7, 11) is 0. The molecular weight excluding hydrogens is 328 g/mol. The van der Waals surface area contributed by atoms with Crippen LogP contribution in [0.3, 0.4) is 0 Å². The number of H-pyrrole nitrogens is 1. The molecule has 0 spiro atoms. The lowest BCUT2D eigenvalue weighted by Crippen LogP contribution is -2.39. The summed E-state index contributed by atoms with van der Waals surface area (Å²) in [6.07, 6.45) is -2.51. The van der Waals surface area contributed by atoms with Gasteiger partial charge in [0.15, 0.2) is 6.23 Å². The summed E-state index contributed by atoms with van der Waals surface area (Å²) in [6, 6.07) is 9.38. The molecule has 8 nitrogen and oxygen atoms in total. The Kier molecular flexibility index (Phi) is 5.14. The monoisotopic (exact) mass is 348 g/mol. The third kappa shape index (κ3) is 3.57. The van der Waals surface area contributed by atoms with Crippen LogP contribution in [0.4, 0.5) is 0 Å². The first-order valence-corrected chi connectivity index (χ1v) is 7.93. The van der Waals surface area contributed by atoms with Crippen molar-refractivity contribution in [2.75, 3.05) is 6.61 Å². The van der Waals surface area contributed by atoms with E-state index in [1.807, 2.05) is 30.3 Å². The minimum absolute atomic E-state index is 0.231. The van der Waals surface area contributed by atoms with E-state index in [2.05, 4.69) is 4.98 Å². The van der Waals surface area contributed by atoms with Crippen LogP contribution in [0.25, 0.3) is 0 Å². The van der Waals surface area contributed by atoms with Crippen LogP contribution < -0.4 is 11.2 Å². The molecule has 1 aromatic carbocycles. The zero-order chi connectivity index (χ0) is 18.0. The van der Waals surface area contributed by atoms with Crippen molar-refractivity contribution >= 4 is 0 Å². The summed E-state index contributed by atoms with van der Waals surface area (Å²) in [5, 5.41) is 20.1. The molecule has 0 unspecified atom stereocenters. The van der Waals surface area contributed by atoms with Gasteiger partial charge in [0.1, 0.15) is 18.3 Å². The molecule has 0 bridgehead atoms. The summed E-state index contributed by atoms with van der Waals surface area (Å²) in [6.45, 7) is 1.40. The van der Waals surface area contributed by atoms with Crippen molar-refractivity contribution in [3.63, 3.8) is 0 Å². The SMILES string of the molecule is Cc1cn([C@H]2O[C@@H](CO)[C@H](OCc3ccccc3)[C@@H]2O)c(=O)[nH]c1=O. The molecule has 2 heterocycles. The normalized spacial score (nSPS) is 26.0.